The summed E-state index contributed by atoms with van der Waals surface area (Å²) in [6.07, 6.45) is 6.99. The summed E-state index contributed by atoms with van der Waals surface area (Å²) in [7, 11) is 0. The first-order chi connectivity index (χ1) is 14.2. The lowest BCUT2D eigenvalue weighted by Crippen LogP contribution is -2.41. The lowest BCUT2D eigenvalue weighted by atomic mass is 9.96. The number of hydrogen-bond donors (Lipinski definition) is 1. The molecule has 1 aliphatic heterocycles. The second-order valence-electron chi connectivity index (χ2n) is 8.17. The van der Waals surface area contributed by atoms with Crippen molar-refractivity contribution in [1.82, 2.24) is 30.4 Å². The molecule has 2 fully saturated rings. The fourth-order valence-electron chi connectivity index (χ4n) is 4.28. The molecule has 1 aromatic carbocycles. The Morgan fingerprint density at radius 2 is 2.00 bits per heavy atom. The number of nitrogens with zero attached hydrogens (tertiary/aromatic N) is 5. The van der Waals surface area contributed by atoms with Gasteiger partial charge in [0.25, 0.3) is 0 Å². The Balaban J connectivity index is 1.27. The lowest BCUT2D eigenvalue weighted by Gasteiger charge is -2.23. The SMILES string of the molecule is CC(Sc1nnnn1C1CCCCC1)C(=O)NC1CCN(Cc2ccccc2)C1. The van der Waals surface area contributed by atoms with Gasteiger partial charge in [-0.1, -0.05) is 61.4 Å². The minimum absolute atomic E-state index is 0.0692. The summed E-state index contributed by atoms with van der Waals surface area (Å²) in [5.74, 6) is 0.0692. The smallest absolute Gasteiger partial charge is 0.233 e. The molecule has 29 heavy (non-hydrogen) atoms. The quantitative estimate of drug-likeness (QED) is 0.702. The van der Waals surface area contributed by atoms with Crippen molar-refractivity contribution in [2.75, 3.05) is 13.1 Å². The molecular formula is C21H30N6OS. The number of nitrogens with one attached hydrogen (secondary N) is 1. The number of benzene rings is 1. The molecule has 8 heteroatoms. The number of likely N-dealkylation sites (tertiary alicyclic amines) is 1. The molecular weight excluding hydrogens is 384 g/mol. The van der Waals surface area contributed by atoms with E-state index in [0.717, 1.165) is 44.1 Å². The molecule has 2 aliphatic rings. The Labute approximate surface area is 176 Å². The molecule has 1 saturated heterocycles. The number of rotatable bonds is 7. The molecule has 1 amide bonds. The van der Waals surface area contributed by atoms with E-state index in [1.807, 2.05) is 17.7 Å². The summed E-state index contributed by atoms with van der Waals surface area (Å²) in [6.45, 7) is 4.80. The van der Waals surface area contributed by atoms with Crippen molar-refractivity contribution in [3.8, 4) is 0 Å². The summed E-state index contributed by atoms with van der Waals surface area (Å²) < 4.78 is 1.94. The van der Waals surface area contributed by atoms with Crippen molar-refractivity contribution in [2.45, 2.75) is 74.5 Å². The van der Waals surface area contributed by atoms with E-state index < -0.39 is 0 Å². The first kappa shape index (κ1) is 20.3. The molecule has 2 heterocycles. The molecule has 4 rings (SSSR count). The highest BCUT2D eigenvalue weighted by molar-refractivity contribution is 8.00. The third-order valence-corrected chi connectivity index (χ3v) is 6.95. The van der Waals surface area contributed by atoms with E-state index >= 15 is 0 Å². The summed E-state index contributed by atoms with van der Waals surface area (Å²) in [5, 5.41) is 16.0. The minimum Gasteiger partial charge on any atom is -0.351 e. The molecule has 1 N–H and O–H groups in total. The van der Waals surface area contributed by atoms with Crippen molar-refractivity contribution >= 4 is 17.7 Å². The number of aromatic nitrogens is 4. The van der Waals surface area contributed by atoms with Gasteiger partial charge in [-0.3, -0.25) is 9.69 Å². The molecule has 0 spiro atoms. The van der Waals surface area contributed by atoms with Crippen LogP contribution in [0.5, 0.6) is 0 Å². The van der Waals surface area contributed by atoms with Crippen LogP contribution < -0.4 is 5.32 Å². The highest BCUT2D eigenvalue weighted by Gasteiger charge is 2.28. The Bertz CT molecular complexity index is 791. The van der Waals surface area contributed by atoms with Gasteiger partial charge in [-0.15, -0.1) is 5.10 Å². The highest BCUT2D eigenvalue weighted by Crippen LogP contribution is 2.31. The van der Waals surface area contributed by atoms with Crippen LogP contribution in [0, 0.1) is 0 Å². The number of amides is 1. The van der Waals surface area contributed by atoms with E-state index in [9.17, 15) is 4.79 Å². The molecule has 0 radical (unpaired) electrons. The first-order valence-corrected chi connectivity index (χ1v) is 11.6. The monoisotopic (exact) mass is 414 g/mol. The van der Waals surface area contributed by atoms with Gasteiger partial charge in [0, 0.05) is 25.7 Å². The maximum Gasteiger partial charge on any atom is 0.233 e. The van der Waals surface area contributed by atoms with E-state index in [1.165, 1.54) is 36.6 Å². The second-order valence-corrected chi connectivity index (χ2v) is 9.48. The molecule has 0 bridgehead atoms. The van der Waals surface area contributed by atoms with Crippen molar-refractivity contribution in [1.29, 1.82) is 0 Å². The normalized spacial score (nSPS) is 21.9. The summed E-state index contributed by atoms with van der Waals surface area (Å²) in [4.78, 5) is 15.2. The number of tetrazole rings is 1. The fourth-order valence-corrected chi connectivity index (χ4v) is 5.15. The van der Waals surface area contributed by atoms with Gasteiger partial charge in [-0.05, 0) is 42.2 Å². The number of hydrogen-bond acceptors (Lipinski definition) is 6. The van der Waals surface area contributed by atoms with Gasteiger partial charge >= 0.3 is 0 Å². The zero-order chi connectivity index (χ0) is 20.1. The van der Waals surface area contributed by atoms with E-state index in [2.05, 4.69) is 50.0 Å². The van der Waals surface area contributed by atoms with Gasteiger partial charge in [-0.25, -0.2) is 4.68 Å². The van der Waals surface area contributed by atoms with Crippen LogP contribution >= 0.6 is 11.8 Å². The Kier molecular flexibility index (Phi) is 6.82. The average molecular weight is 415 g/mol. The average Bonchev–Trinajstić information content (AvgIpc) is 3.39. The van der Waals surface area contributed by atoms with Gasteiger partial charge in [-0.2, -0.15) is 0 Å². The Morgan fingerprint density at radius 1 is 1.21 bits per heavy atom. The molecule has 1 saturated carbocycles. The second kappa shape index (κ2) is 9.71. The maximum absolute atomic E-state index is 12.7. The molecule has 2 atom stereocenters. The van der Waals surface area contributed by atoms with Crippen LogP contribution in [0.3, 0.4) is 0 Å². The molecule has 7 nitrogen and oxygen atoms in total. The largest absolute Gasteiger partial charge is 0.351 e. The molecule has 1 aromatic heterocycles. The van der Waals surface area contributed by atoms with Crippen LogP contribution in [-0.2, 0) is 11.3 Å². The highest BCUT2D eigenvalue weighted by atomic mass is 32.2. The van der Waals surface area contributed by atoms with E-state index in [0.29, 0.717) is 6.04 Å². The first-order valence-electron chi connectivity index (χ1n) is 10.7. The van der Waals surface area contributed by atoms with Crippen molar-refractivity contribution in [3.05, 3.63) is 35.9 Å². The van der Waals surface area contributed by atoms with E-state index in [4.69, 9.17) is 0 Å². The van der Waals surface area contributed by atoms with Gasteiger partial charge in [0.15, 0.2) is 0 Å². The van der Waals surface area contributed by atoms with Crippen molar-refractivity contribution in [3.63, 3.8) is 0 Å². The van der Waals surface area contributed by atoms with E-state index in [1.54, 1.807) is 0 Å². The fraction of sp³-hybridized carbons (Fsp3) is 0.619. The van der Waals surface area contributed by atoms with Crippen LogP contribution in [0.4, 0.5) is 0 Å². The molecule has 1 aliphatic carbocycles. The van der Waals surface area contributed by atoms with Crippen LogP contribution in [0.1, 0.15) is 57.1 Å². The van der Waals surface area contributed by atoms with Crippen LogP contribution in [0.2, 0.25) is 0 Å². The zero-order valence-electron chi connectivity index (χ0n) is 17.0. The van der Waals surface area contributed by atoms with Gasteiger partial charge in [0.1, 0.15) is 0 Å². The van der Waals surface area contributed by atoms with Gasteiger partial charge < -0.3 is 5.32 Å². The predicted molar refractivity (Wildman–Crippen MR) is 114 cm³/mol. The maximum atomic E-state index is 12.7. The lowest BCUT2D eigenvalue weighted by molar-refractivity contribution is -0.120. The number of carbonyl (C=O) groups is 1. The van der Waals surface area contributed by atoms with E-state index in [-0.39, 0.29) is 17.2 Å². The number of carbonyl (C=O) groups excluding carboxylic acids is 1. The third kappa shape index (κ3) is 5.36. The zero-order valence-corrected chi connectivity index (χ0v) is 17.9. The van der Waals surface area contributed by atoms with Crippen molar-refractivity contribution in [2.24, 2.45) is 0 Å². The summed E-state index contributed by atoms with van der Waals surface area (Å²) in [5.41, 5.74) is 1.32. The van der Waals surface area contributed by atoms with Crippen LogP contribution in [-0.4, -0.2) is 55.4 Å². The topological polar surface area (TPSA) is 75.9 Å². The Morgan fingerprint density at radius 3 is 2.79 bits per heavy atom. The van der Waals surface area contributed by atoms with Gasteiger partial charge in [0.2, 0.25) is 11.1 Å². The molecule has 2 aromatic rings. The van der Waals surface area contributed by atoms with Crippen molar-refractivity contribution < 1.29 is 4.79 Å². The molecule has 156 valence electrons. The van der Waals surface area contributed by atoms with Gasteiger partial charge in [0.05, 0.1) is 11.3 Å². The molecule has 2 unspecified atom stereocenters. The minimum atomic E-state index is -0.216. The summed E-state index contributed by atoms with van der Waals surface area (Å²) >= 11 is 1.47. The predicted octanol–water partition coefficient (Wildman–Crippen LogP) is 3.05. The Hall–Kier alpha value is -1.93. The van der Waals surface area contributed by atoms with Crippen LogP contribution in [0.25, 0.3) is 0 Å². The number of thioether (sulfide) groups is 1. The third-order valence-electron chi connectivity index (χ3n) is 5.90. The standard InChI is InChI=1S/C21H30N6OS/c1-16(29-21-23-24-25-27(21)19-10-6-3-7-11-19)20(28)22-18-12-13-26(15-18)14-17-8-4-2-5-9-17/h2,4-5,8-9,16,18-19H,3,6-7,10-15H2,1H3,(H,22,28). The van der Waals surface area contributed by atoms with Crippen LogP contribution in [0.15, 0.2) is 35.5 Å². The summed E-state index contributed by atoms with van der Waals surface area (Å²) in [6, 6.07) is 11.1.